The van der Waals surface area contributed by atoms with Crippen LogP contribution in [-0.4, -0.2) is 20.7 Å². The van der Waals surface area contributed by atoms with Gasteiger partial charge in [-0.15, -0.1) is 0 Å². The predicted octanol–water partition coefficient (Wildman–Crippen LogP) is 4.87. The van der Waals surface area contributed by atoms with Crippen LogP contribution in [0.2, 0.25) is 0 Å². The van der Waals surface area contributed by atoms with Gasteiger partial charge in [0, 0.05) is 22.1 Å². The zero-order valence-corrected chi connectivity index (χ0v) is 14.9. The molecule has 25 heavy (non-hydrogen) atoms. The van der Waals surface area contributed by atoms with Crippen molar-refractivity contribution < 1.29 is 28.2 Å². The second kappa shape index (κ2) is 5.94. The maximum Gasteiger partial charge on any atom is 0.416 e. The van der Waals surface area contributed by atoms with E-state index in [9.17, 15) is 23.1 Å². The van der Waals surface area contributed by atoms with E-state index in [1.165, 1.54) is 18.2 Å². The molecule has 0 saturated carbocycles. The number of aromatic carboxylic acids is 1. The summed E-state index contributed by atoms with van der Waals surface area (Å²) in [6.45, 7) is 0. The van der Waals surface area contributed by atoms with Gasteiger partial charge in [0.2, 0.25) is 0 Å². The maximum absolute atomic E-state index is 13.0. The number of carboxylic acids is 1. The van der Waals surface area contributed by atoms with Crippen LogP contribution in [-0.2, 0) is 13.2 Å². The van der Waals surface area contributed by atoms with Gasteiger partial charge in [-0.2, -0.15) is 13.2 Å². The number of hydrogen-bond donors (Lipinski definition) is 2. The first-order valence-electron chi connectivity index (χ1n) is 7.03. The maximum atomic E-state index is 13.0. The Morgan fingerprint density at radius 2 is 1.88 bits per heavy atom. The number of rotatable bonds is 2. The van der Waals surface area contributed by atoms with Crippen molar-refractivity contribution >= 4 is 39.5 Å². The van der Waals surface area contributed by atoms with Crippen LogP contribution >= 0.6 is 22.6 Å². The number of aromatic nitrogens is 1. The van der Waals surface area contributed by atoms with E-state index in [2.05, 4.69) is 0 Å². The first-order valence-corrected chi connectivity index (χ1v) is 8.11. The van der Waals surface area contributed by atoms with Crippen LogP contribution < -0.4 is 0 Å². The van der Waals surface area contributed by atoms with E-state index in [-0.39, 0.29) is 5.56 Å². The van der Waals surface area contributed by atoms with E-state index in [0.29, 0.717) is 25.7 Å². The van der Waals surface area contributed by atoms with Crippen LogP contribution in [0, 0.1) is 3.57 Å². The molecule has 8 heteroatoms. The molecule has 2 N–H and O–H groups in total. The van der Waals surface area contributed by atoms with Crippen LogP contribution in [0.3, 0.4) is 0 Å². The van der Waals surface area contributed by atoms with E-state index >= 15 is 0 Å². The third-order valence-electron chi connectivity index (χ3n) is 3.95. The molecule has 0 atom stereocenters. The number of carboxylic acid groups (broad SMARTS) is 1. The summed E-state index contributed by atoms with van der Waals surface area (Å²) < 4.78 is 41.2. The summed E-state index contributed by atoms with van der Waals surface area (Å²) in [5, 5.41) is 19.6. The summed E-state index contributed by atoms with van der Waals surface area (Å²) in [4.78, 5) is 11.2. The average molecular weight is 461 g/mol. The summed E-state index contributed by atoms with van der Waals surface area (Å²) >= 11 is 1.97. The van der Waals surface area contributed by atoms with E-state index in [1.807, 2.05) is 22.6 Å². The molecule has 0 aliphatic carbocycles. The van der Waals surface area contributed by atoms with Gasteiger partial charge in [-0.3, -0.25) is 0 Å². The zero-order chi connectivity index (χ0) is 18.5. The van der Waals surface area contributed by atoms with E-state index in [0.717, 1.165) is 12.1 Å². The van der Waals surface area contributed by atoms with Crippen molar-refractivity contribution in [1.82, 2.24) is 4.57 Å². The molecule has 0 unspecified atom stereocenters. The SMILES string of the molecule is Cn1c(-c2cccc(C(F)(F)F)c2)c(I)c2cc(C(=O)O)c(O)cc21. The molecule has 0 radical (unpaired) electrons. The van der Waals surface area contributed by atoms with Gasteiger partial charge in [-0.25, -0.2) is 4.79 Å². The lowest BCUT2D eigenvalue weighted by Gasteiger charge is -2.10. The molecule has 1 aromatic heterocycles. The Balaban J connectivity index is 2.30. The zero-order valence-electron chi connectivity index (χ0n) is 12.7. The van der Waals surface area contributed by atoms with E-state index < -0.39 is 23.5 Å². The molecule has 0 saturated heterocycles. The monoisotopic (exact) mass is 461 g/mol. The lowest BCUT2D eigenvalue weighted by Crippen LogP contribution is -2.05. The van der Waals surface area contributed by atoms with Crippen LogP contribution in [0.15, 0.2) is 36.4 Å². The average Bonchev–Trinajstić information content (AvgIpc) is 2.76. The number of alkyl halides is 3. The normalized spacial score (nSPS) is 11.9. The van der Waals surface area contributed by atoms with Crippen LogP contribution in [0.4, 0.5) is 13.2 Å². The minimum atomic E-state index is -4.46. The molecule has 1 heterocycles. The fraction of sp³-hybridized carbons (Fsp3) is 0.118. The number of aryl methyl sites for hydroxylation is 1. The molecule has 0 amide bonds. The predicted molar refractivity (Wildman–Crippen MR) is 94.7 cm³/mol. The lowest BCUT2D eigenvalue weighted by atomic mass is 10.1. The highest BCUT2D eigenvalue weighted by Gasteiger charge is 2.31. The summed E-state index contributed by atoms with van der Waals surface area (Å²) in [7, 11) is 1.65. The number of phenols is 1. The number of carbonyl (C=O) groups is 1. The van der Waals surface area contributed by atoms with Gasteiger partial charge in [-0.1, -0.05) is 12.1 Å². The number of aromatic hydroxyl groups is 1. The molecule has 0 fully saturated rings. The number of halogens is 4. The third kappa shape index (κ3) is 2.94. The molecule has 0 bridgehead atoms. The number of nitrogens with zero attached hydrogens (tertiary/aromatic N) is 1. The topological polar surface area (TPSA) is 62.5 Å². The highest BCUT2D eigenvalue weighted by molar-refractivity contribution is 14.1. The number of fused-ring (bicyclic) bond motifs is 1. The Kier molecular flexibility index (Phi) is 4.18. The van der Waals surface area contributed by atoms with Crippen LogP contribution in [0.1, 0.15) is 15.9 Å². The molecule has 4 nitrogen and oxygen atoms in total. The van der Waals surface area contributed by atoms with Gasteiger partial charge < -0.3 is 14.8 Å². The Morgan fingerprint density at radius 3 is 2.48 bits per heavy atom. The summed E-state index contributed by atoms with van der Waals surface area (Å²) in [6, 6.07) is 7.56. The van der Waals surface area contributed by atoms with Gasteiger partial charge in [0.15, 0.2) is 0 Å². The quantitative estimate of drug-likeness (QED) is 0.536. The standard InChI is InChI=1S/C17H11F3INO3/c1-22-12-7-13(23)11(16(24)25)6-10(12)14(21)15(22)8-3-2-4-9(5-8)17(18,19)20/h2-7,23H,1H3,(H,24,25). The number of benzene rings is 2. The second-order valence-corrected chi connectivity index (χ2v) is 6.57. The Labute approximate surface area is 153 Å². The van der Waals surface area contributed by atoms with Crippen molar-refractivity contribution in [2.24, 2.45) is 7.05 Å². The first-order chi connectivity index (χ1) is 11.6. The van der Waals surface area contributed by atoms with Crippen molar-refractivity contribution in [3.8, 4) is 17.0 Å². The van der Waals surface area contributed by atoms with E-state index in [4.69, 9.17) is 5.11 Å². The summed E-state index contributed by atoms with van der Waals surface area (Å²) in [5.41, 5.74) is 0.379. The van der Waals surface area contributed by atoms with E-state index in [1.54, 1.807) is 17.7 Å². The third-order valence-corrected chi connectivity index (χ3v) is 5.04. The van der Waals surface area contributed by atoms with Gasteiger partial charge in [-0.05, 0) is 46.4 Å². The fourth-order valence-electron chi connectivity index (χ4n) is 2.76. The summed E-state index contributed by atoms with van der Waals surface area (Å²) in [5.74, 6) is -1.67. The lowest BCUT2D eigenvalue weighted by molar-refractivity contribution is -0.137. The highest BCUT2D eigenvalue weighted by Crippen LogP contribution is 2.39. The van der Waals surface area contributed by atoms with Gasteiger partial charge >= 0.3 is 12.1 Å². The molecule has 3 aromatic rings. The Hall–Kier alpha value is -2.23. The van der Waals surface area contributed by atoms with Crippen molar-refractivity contribution in [3.63, 3.8) is 0 Å². The molecule has 0 aliphatic heterocycles. The Morgan fingerprint density at radius 1 is 1.20 bits per heavy atom. The summed E-state index contributed by atoms with van der Waals surface area (Å²) in [6.07, 6.45) is -4.46. The smallest absolute Gasteiger partial charge is 0.416 e. The number of hydrogen-bond acceptors (Lipinski definition) is 2. The minimum absolute atomic E-state index is 0.258. The van der Waals surface area contributed by atoms with Crippen molar-refractivity contribution in [3.05, 3.63) is 51.1 Å². The van der Waals surface area contributed by atoms with Crippen LogP contribution in [0.25, 0.3) is 22.2 Å². The van der Waals surface area contributed by atoms with Crippen molar-refractivity contribution in [2.75, 3.05) is 0 Å². The largest absolute Gasteiger partial charge is 0.507 e. The van der Waals surface area contributed by atoms with Gasteiger partial charge in [0.05, 0.1) is 16.8 Å². The molecule has 0 spiro atoms. The van der Waals surface area contributed by atoms with Crippen molar-refractivity contribution in [1.29, 1.82) is 0 Å². The van der Waals surface area contributed by atoms with Crippen LogP contribution in [0.5, 0.6) is 5.75 Å². The first kappa shape index (κ1) is 17.6. The Bertz CT molecular complexity index is 1010. The van der Waals surface area contributed by atoms with Gasteiger partial charge in [0.25, 0.3) is 0 Å². The molecule has 0 aliphatic rings. The van der Waals surface area contributed by atoms with Gasteiger partial charge in [0.1, 0.15) is 11.3 Å². The molecule has 130 valence electrons. The molecule has 3 rings (SSSR count). The molecular weight excluding hydrogens is 450 g/mol. The molecule has 2 aromatic carbocycles. The molecular formula is C17H11F3INO3. The highest BCUT2D eigenvalue weighted by atomic mass is 127. The second-order valence-electron chi connectivity index (χ2n) is 5.49. The fourth-order valence-corrected chi connectivity index (χ4v) is 3.87. The minimum Gasteiger partial charge on any atom is -0.507 e. The van der Waals surface area contributed by atoms with Crippen molar-refractivity contribution in [2.45, 2.75) is 6.18 Å².